The first-order chi connectivity index (χ1) is 7.46. The molecular formula is C12H25NO2S. The minimum Gasteiger partial charge on any atom is -0.310 e. The van der Waals surface area contributed by atoms with Crippen LogP contribution >= 0.6 is 0 Å². The lowest BCUT2D eigenvalue weighted by Gasteiger charge is -2.22. The van der Waals surface area contributed by atoms with Crippen LogP contribution in [0, 0.1) is 5.92 Å². The van der Waals surface area contributed by atoms with Gasteiger partial charge in [0.25, 0.3) is 0 Å². The lowest BCUT2D eigenvalue weighted by Crippen LogP contribution is -2.40. The third kappa shape index (κ3) is 5.30. The summed E-state index contributed by atoms with van der Waals surface area (Å²) in [6, 6.07) is 0.572. The molecule has 4 heteroatoms. The van der Waals surface area contributed by atoms with Crippen LogP contribution in [0.5, 0.6) is 0 Å². The van der Waals surface area contributed by atoms with E-state index in [4.69, 9.17) is 0 Å². The Labute approximate surface area is 99.9 Å². The van der Waals surface area contributed by atoms with Crippen LogP contribution in [0.1, 0.15) is 46.5 Å². The van der Waals surface area contributed by atoms with Crippen LogP contribution < -0.4 is 5.32 Å². The first-order valence-corrected chi connectivity index (χ1v) is 8.25. The fourth-order valence-corrected chi connectivity index (χ4v) is 3.15. The maximum atomic E-state index is 11.5. The molecule has 0 saturated heterocycles. The van der Waals surface area contributed by atoms with Crippen LogP contribution in [-0.4, -0.2) is 32.0 Å². The van der Waals surface area contributed by atoms with Crippen molar-refractivity contribution in [2.45, 2.75) is 58.5 Å². The Morgan fingerprint density at radius 1 is 1.31 bits per heavy atom. The molecule has 0 aromatic carbocycles. The van der Waals surface area contributed by atoms with E-state index in [0.717, 1.165) is 12.3 Å². The maximum absolute atomic E-state index is 11.5. The van der Waals surface area contributed by atoms with E-state index in [1.807, 2.05) is 6.92 Å². The second-order valence-corrected chi connectivity index (χ2v) is 7.45. The Hall–Kier alpha value is -0.0900. The summed E-state index contributed by atoms with van der Waals surface area (Å²) in [5, 5.41) is 3.45. The zero-order chi connectivity index (χ0) is 12.2. The van der Waals surface area contributed by atoms with E-state index < -0.39 is 9.84 Å². The Bertz CT molecular complexity index is 296. The summed E-state index contributed by atoms with van der Waals surface area (Å²) in [5.41, 5.74) is 0. The van der Waals surface area contributed by atoms with Crippen LogP contribution in [0.3, 0.4) is 0 Å². The van der Waals surface area contributed by atoms with E-state index >= 15 is 0 Å². The van der Waals surface area contributed by atoms with E-state index in [1.54, 1.807) is 6.92 Å². The lowest BCUT2D eigenvalue weighted by atomic mass is 10.1. The molecule has 0 aromatic heterocycles. The predicted molar refractivity (Wildman–Crippen MR) is 68.3 cm³/mol. The summed E-state index contributed by atoms with van der Waals surface area (Å²) in [7, 11) is -2.85. The molecule has 1 N–H and O–H groups in total. The molecule has 1 rings (SSSR count). The molecule has 3 nitrogen and oxygen atoms in total. The monoisotopic (exact) mass is 247 g/mol. The molecule has 0 radical (unpaired) electrons. The van der Waals surface area contributed by atoms with Crippen molar-refractivity contribution in [2.75, 3.05) is 11.5 Å². The molecule has 0 spiro atoms. The molecular weight excluding hydrogens is 222 g/mol. The van der Waals surface area contributed by atoms with Gasteiger partial charge in [0.2, 0.25) is 0 Å². The Balaban J connectivity index is 2.32. The van der Waals surface area contributed by atoms with Gasteiger partial charge in [0.15, 0.2) is 9.84 Å². The summed E-state index contributed by atoms with van der Waals surface area (Å²) in [6.45, 7) is 5.85. The van der Waals surface area contributed by atoms with Crippen LogP contribution in [0.15, 0.2) is 0 Å². The molecule has 96 valence electrons. The fourth-order valence-electron chi connectivity index (χ4n) is 2.06. The molecule has 0 aliphatic heterocycles. The molecule has 0 amide bonds. The van der Waals surface area contributed by atoms with E-state index in [1.165, 1.54) is 19.3 Å². The second-order valence-electron chi connectivity index (χ2n) is 5.05. The number of hydrogen-bond acceptors (Lipinski definition) is 3. The highest BCUT2D eigenvalue weighted by molar-refractivity contribution is 7.91. The van der Waals surface area contributed by atoms with E-state index in [0.29, 0.717) is 6.04 Å². The Kier molecular flexibility index (Phi) is 5.25. The van der Waals surface area contributed by atoms with E-state index in [9.17, 15) is 8.42 Å². The van der Waals surface area contributed by atoms with Gasteiger partial charge in [-0.15, -0.1) is 0 Å². The molecule has 16 heavy (non-hydrogen) atoms. The lowest BCUT2D eigenvalue weighted by molar-refractivity contribution is 0.411. The van der Waals surface area contributed by atoms with Crippen LogP contribution in [0.4, 0.5) is 0 Å². The number of hydrogen-bond donors (Lipinski definition) is 1. The smallest absolute Gasteiger partial charge is 0.151 e. The summed E-state index contributed by atoms with van der Waals surface area (Å²) in [5.74, 6) is 1.41. The number of nitrogens with one attached hydrogen (secondary N) is 1. The molecule has 1 aliphatic carbocycles. The van der Waals surface area contributed by atoms with Crippen molar-refractivity contribution in [3.63, 3.8) is 0 Å². The van der Waals surface area contributed by atoms with Gasteiger partial charge < -0.3 is 5.32 Å². The zero-order valence-electron chi connectivity index (χ0n) is 10.7. The van der Waals surface area contributed by atoms with Gasteiger partial charge in [0, 0.05) is 17.8 Å². The average Bonchev–Trinajstić information content (AvgIpc) is 3.00. The van der Waals surface area contributed by atoms with Gasteiger partial charge in [-0.25, -0.2) is 8.42 Å². The van der Waals surface area contributed by atoms with Crippen LogP contribution in [-0.2, 0) is 9.84 Å². The van der Waals surface area contributed by atoms with Crippen molar-refractivity contribution < 1.29 is 8.42 Å². The van der Waals surface area contributed by atoms with Gasteiger partial charge in [0.1, 0.15) is 0 Å². The second kappa shape index (κ2) is 6.01. The largest absolute Gasteiger partial charge is 0.310 e. The zero-order valence-corrected chi connectivity index (χ0v) is 11.5. The van der Waals surface area contributed by atoms with E-state index in [-0.39, 0.29) is 17.5 Å². The first kappa shape index (κ1) is 14.0. The summed E-state index contributed by atoms with van der Waals surface area (Å²) < 4.78 is 22.9. The van der Waals surface area contributed by atoms with Crippen molar-refractivity contribution in [1.82, 2.24) is 5.32 Å². The summed E-state index contributed by atoms with van der Waals surface area (Å²) >= 11 is 0. The highest BCUT2D eigenvalue weighted by atomic mass is 32.2. The molecule has 1 saturated carbocycles. The molecule has 2 atom stereocenters. The number of rotatable bonds is 8. The third-order valence-electron chi connectivity index (χ3n) is 3.27. The maximum Gasteiger partial charge on any atom is 0.151 e. The Morgan fingerprint density at radius 3 is 2.38 bits per heavy atom. The molecule has 1 aliphatic rings. The normalized spacial score (nSPS) is 20.7. The van der Waals surface area contributed by atoms with Crippen molar-refractivity contribution in [2.24, 2.45) is 5.92 Å². The SMILES string of the molecule is CCC(CC1CC1)NC(C)CS(=O)(=O)CC. The van der Waals surface area contributed by atoms with Gasteiger partial charge in [-0.1, -0.05) is 26.7 Å². The third-order valence-corrected chi connectivity index (χ3v) is 5.16. The molecule has 1 fully saturated rings. The van der Waals surface area contributed by atoms with Crippen molar-refractivity contribution in [3.8, 4) is 0 Å². The van der Waals surface area contributed by atoms with Gasteiger partial charge in [-0.2, -0.15) is 0 Å². The van der Waals surface area contributed by atoms with Crippen LogP contribution in [0.25, 0.3) is 0 Å². The van der Waals surface area contributed by atoms with Gasteiger partial charge in [-0.3, -0.25) is 0 Å². The topological polar surface area (TPSA) is 46.2 Å². The standard InChI is InChI=1S/C12H25NO2S/c1-4-12(8-11-6-7-11)13-10(3)9-16(14,15)5-2/h10-13H,4-9H2,1-3H3. The van der Waals surface area contributed by atoms with Crippen molar-refractivity contribution >= 4 is 9.84 Å². The van der Waals surface area contributed by atoms with Crippen molar-refractivity contribution in [3.05, 3.63) is 0 Å². The molecule has 2 unspecified atom stereocenters. The van der Waals surface area contributed by atoms with Crippen LogP contribution in [0.2, 0.25) is 0 Å². The van der Waals surface area contributed by atoms with Crippen molar-refractivity contribution in [1.29, 1.82) is 0 Å². The highest BCUT2D eigenvalue weighted by Gasteiger charge is 2.25. The predicted octanol–water partition coefficient (Wildman–Crippen LogP) is 1.98. The van der Waals surface area contributed by atoms with Gasteiger partial charge >= 0.3 is 0 Å². The minimum atomic E-state index is -2.85. The average molecular weight is 247 g/mol. The Morgan fingerprint density at radius 2 is 1.94 bits per heavy atom. The van der Waals surface area contributed by atoms with Gasteiger partial charge in [-0.05, 0) is 25.7 Å². The molecule has 0 heterocycles. The fraction of sp³-hybridized carbons (Fsp3) is 1.00. The quantitative estimate of drug-likeness (QED) is 0.713. The minimum absolute atomic E-state index is 0.0775. The van der Waals surface area contributed by atoms with E-state index in [2.05, 4.69) is 12.2 Å². The molecule has 0 aromatic rings. The van der Waals surface area contributed by atoms with Gasteiger partial charge in [0.05, 0.1) is 5.75 Å². The highest BCUT2D eigenvalue weighted by Crippen LogP contribution is 2.34. The molecule has 0 bridgehead atoms. The summed E-state index contributed by atoms with van der Waals surface area (Å²) in [6.07, 6.45) is 5.03. The number of sulfone groups is 1. The first-order valence-electron chi connectivity index (χ1n) is 6.43. The summed E-state index contributed by atoms with van der Waals surface area (Å²) in [4.78, 5) is 0.